The van der Waals surface area contributed by atoms with Gasteiger partial charge in [-0.05, 0) is 42.1 Å². The van der Waals surface area contributed by atoms with Gasteiger partial charge in [-0.1, -0.05) is 59.4 Å². The van der Waals surface area contributed by atoms with Gasteiger partial charge in [-0.3, -0.25) is 14.9 Å². The van der Waals surface area contributed by atoms with Crippen molar-refractivity contribution in [2.45, 2.75) is 6.92 Å². The molecule has 0 saturated carbocycles. The van der Waals surface area contributed by atoms with Crippen LogP contribution in [0.5, 0.6) is 5.75 Å². The molecule has 2 aromatic heterocycles. The first-order valence-corrected chi connectivity index (χ1v) is 12.3. The number of benzene rings is 3. The van der Waals surface area contributed by atoms with E-state index in [1.807, 2.05) is 43.3 Å². The number of thiazole rings is 1. The molecule has 3 aromatic carbocycles. The van der Waals surface area contributed by atoms with Crippen LogP contribution in [-0.4, -0.2) is 35.1 Å². The zero-order chi connectivity index (χ0) is 26.1. The monoisotopic (exact) mass is 513 g/mol. The number of carbonyl (C=O) groups is 2. The number of pyridine rings is 1. The number of nitrogens with zero attached hydrogens (tertiary/aromatic N) is 2. The van der Waals surface area contributed by atoms with Gasteiger partial charge in [-0.2, -0.15) is 0 Å². The number of amides is 1. The Morgan fingerprint density at radius 1 is 1.03 bits per heavy atom. The average Bonchev–Trinajstić information content (AvgIpc) is 3.31. The topological polar surface area (TPSA) is 99.5 Å². The Balaban J connectivity index is 1.43. The zero-order valence-electron chi connectivity index (χ0n) is 20.4. The number of nitrogens with one attached hydrogen (secondary N) is 1. The lowest BCUT2D eigenvalue weighted by atomic mass is 9.96. The van der Waals surface area contributed by atoms with Gasteiger partial charge in [0.15, 0.2) is 11.7 Å². The number of aryl methyl sites for hydroxylation is 1. The summed E-state index contributed by atoms with van der Waals surface area (Å²) in [6.45, 7) is 1.44. The van der Waals surface area contributed by atoms with Gasteiger partial charge in [0.1, 0.15) is 11.4 Å². The van der Waals surface area contributed by atoms with Crippen molar-refractivity contribution in [2.24, 2.45) is 7.05 Å². The van der Waals surface area contributed by atoms with E-state index in [0.717, 1.165) is 15.8 Å². The van der Waals surface area contributed by atoms with Crippen molar-refractivity contribution >= 4 is 49.3 Å². The molecule has 1 N–H and O–H groups in total. The molecule has 0 saturated heterocycles. The fourth-order valence-corrected chi connectivity index (χ4v) is 5.07. The fraction of sp³-hybridized carbons (Fsp3) is 0.143. The molecule has 0 aliphatic carbocycles. The van der Waals surface area contributed by atoms with E-state index >= 15 is 0 Å². The van der Waals surface area contributed by atoms with E-state index in [4.69, 9.17) is 9.47 Å². The summed E-state index contributed by atoms with van der Waals surface area (Å²) in [6, 6.07) is 20.2. The molecule has 8 nitrogen and oxygen atoms in total. The lowest BCUT2D eigenvalue weighted by molar-refractivity contribution is -0.119. The van der Waals surface area contributed by atoms with Crippen LogP contribution < -0.4 is 15.6 Å². The van der Waals surface area contributed by atoms with Crippen molar-refractivity contribution in [3.63, 3.8) is 0 Å². The van der Waals surface area contributed by atoms with Gasteiger partial charge in [0.05, 0.1) is 17.3 Å². The highest BCUT2D eigenvalue weighted by atomic mass is 32.1. The minimum atomic E-state index is -0.773. The second-order valence-electron chi connectivity index (χ2n) is 8.48. The van der Waals surface area contributed by atoms with E-state index in [1.54, 1.807) is 37.4 Å². The summed E-state index contributed by atoms with van der Waals surface area (Å²) >= 11 is 1.28. The number of carbonyl (C=O) groups excluding carboxylic acids is 2. The van der Waals surface area contributed by atoms with Gasteiger partial charge >= 0.3 is 5.97 Å². The van der Waals surface area contributed by atoms with Crippen molar-refractivity contribution in [3.05, 3.63) is 88.3 Å². The van der Waals surface area contributed by atoms with E-state index in [-0.39, 0.29) is 11.3 Å². The third kappa shape index (κ3) is 4.68. The number of ether oxygens (including phenoxy) is 2. The smallest absolute Gasteiger partial charge is 0.356 e. The summed E-state index contributed by atoms with van der Waals surface area (Å²) in [6.07, 6.45) is 0. The van der Waals surface area contributed by atoms with E-state index in [9.17, 15) is 14.4 Å². The third-order valence-corrected chi connectivity index (χ3v) is 6.95. The maximum absolute atomic E-state index is 13.3. The number of aromatic nitrogens is 2. The number of methoxy groups -OCH3 is 1. The van der Waals surface area contributed by atoms with Crippen LogP contribution in [-0.2, 0) is 16.6 Å². The number of hydrogen-bond donors (Lipinski definition) is 1. The average molecular weight is 514 g/mol. The van der Waals surface area contributed by atoms with Crippen molar-refractivity contribution in [3.8, 4) is 16.9 Å². The van der Waals surface area contributed by atoms with Crippen LogP contribution >= 0.6 is 11.3 Å². The van der Waals surface area contributed by atoms with Crippen LogP contribution in [0, 0.1) is 6.92 Å². The van der Waals surface area contributed by atoms with E-state index in [1.165, 1.54) is 23.0 Å². The maximum Gasteiger partial charge on any atom is 0.356 e. The normalized spacial score (nSPS) is 11.0. The molecule has 9 heteroatoms. The SMILES string of the molecule is COc1ccc2nc(NC(=O)COC(=O)c3c(-c4ccc(C)cc4)c4ccccc4c(=O)n3C)sc2c1. The van der Waals surface area contributed by atoms with Gasteiger partial charge in [0.2, 0.25) is 0 Å². The highest BCUT2D eigenvalue weighted by molar-refractivity contribution is 7.22. The highest BCUT2D eigenvalue weighted by Crippen LogP contribution is 2.32. The largest absolute Gasteiger partial charge is 0.497 e. The summed E-state index contributed by atoms with van der Waals surface area (Å²) in [5, 5.41) is 4.17. The van der Waals surface area contributed by atoms with Gasteiger partial charge in [0.25, 0.3) is 11.5 Å². The third-order valence-electron chi connectivity index (χ3n) is 6.01. The second kappa shape index (κ2) is 9.87. The van der Waals surface area contributed by atoms with E-state index in [0.29, 0.717) is 32.7 Å². The Kier molecular flexibility index (Phi) is 6.45. The van der Waals surface area contributed by atoms with Crippen LogP contribution in [0.15, 0.2) is 71.5 Å². The maximum atomic E-state index is 13.3. The van der Waals surface area contributed by atoms with Crippen molar-refractivity contribution < 1.29 is 19.1 Å². The molecule has 0 bridgehead atoms. The Hall–Kier alpha value is -4.50. The summed E-state index contributed by atoms with van der Waals surface area (Å²) in [5.41, 5.74) is 2.86. The lowest BCUT2D eigenvalue weighted by Crippen LogP contribution is -2.28. The van der Waals surface area contributed by atoms with Crippen LogP contribution in [0.4, 0.5) is 5.13 Å². The number of hydrogen-bond acceptors (Lipinski definition) is 7. The number of fused-ring (bicyclic) bond motifs is 2. The molecule has 5 rings (SSSR count). The summed E-state index contributed by atoms with van der Waals surface area (Å²) in [5.74, 6) is -0.625. The highest BCUT2D eigenvalue weighted by Gasteiger charge is 2.23. The van der Waals surface area contributed by atoms with Gasteiger partial charge in [-0.15, -0.1) is 0 Å². The molecule has 1 amide bonds. The molecule has 5 aromatic rings. The van der Waals surface area contributed by atoms with Crippen molar-refractivity contribution in [1.82, 2.24) is 9.55 Å². The molecule has 186 valence electrons. The first-order valence-electron chi connectivity index (χ1n) is 11.5. The molecular weight excluding hydrogens is 490 g/mol. The summed E-state index contributed by atoms with van der Waals surface area (Å²) < 4.78 is 12.7. The van der Waals surface area contributed by atoms with Crippen LogP contribution in [0.25, 0.3) is 32.1 Å². The van der Waals surface area contributed by atoms with E-state index < -0.39 is 18.5 Å². The summed E-state index contributed by atoms with van der Waals surface area (Å²) in [7, 11) is 3.10. The molecule has 0 unspecified atom stereocenters. The first-order chi connectivity index (χ1) is 17.9. The Morgan fingerprint density at radius 2 is 1.76 bits per heavy atom. The fourth-order valence-electron chi connectivity index (χ4n) is 4.16. The Bertz CT molecular complexity index is 1720. The minimum absolute atomic E-state index is 0.0763. The predicted molar refractivity (Wildman–Crippen MR) is 144 cm³/mol. The Labute approximate surface area is 216 Å². The number of anilines is 1. The van der Waals surface area contributed by atoms with Crippen LogP contribution in [0.2, 0.25) is 0 Å². The minimum Gasteiger partial charge on any atom is -0.497 e. The number of esters is 1. The van der Waals surface area contributed by atoms with Gasteiger partial charge in [0, 0.05) is 18.0 Å². The first kappa shape index (κ1) is 24.2. The molecule has 2 heterocycles. The quantitative estimate of drug-likeness (QED) is 0.323. The van der Waals surface area contributed by atoms with Crippen LogP contribution in [0.1, 0.15) is 16.1 Å². The van der Waals surface area contributed by atoms with Crippen molar-refractivity contribution in [2.75, 3.05) is 19.0 Å². The molecule has 0 aliphatic heterocycles. The molecule has 0 atom stereocenters. The number of rotatable bonds is 6. The Morgan fingerprint density at radius 3 is 2.49 bits per heavy atom. The van der Waals surface area contributed by atoms with E-state index in [2.05, 4.69) is 10.3 Å². The van der Waals surface area contributed by atoms with Crippen molar-refractivity contribution in [1.29, 1.82) is 0 Å². The summed E-state index contributed by atoms with van der Waals surface area (Å²) in [4.78, 5) is 43.3. The lowest BCUT2D eigenvalue weighted by Gasteiger charge is -2.16. The molecule has 0 spiro atoms. The standard InChI is InChI=1S/C28H23N3O5S/c1-16-8-10-17(11-9-16)24-19-6-4-5-7-20(19)26(33)31(2)25(24)27(34)36-15-23(32)30-28-29-21-13-12-18(35-3)14-22(21)37-28/h4-14H,15H2,1-3H3,(H,29,30,32). The molecule has 0 fully saturated rings. The molecule has 37 heavy (non-hydrogen) atoms. The molecular formula is C28H23N3O5S. The van der Waals surface area contributed by atoms with Gasteiger partial charge in [-0.25, -0.2) is 9.78 Å². The molecule has 0 radical (unpaired) electrons. The van der Waals surface area contributed by atoms with Crippen LogP contribution in [0.3, 0.4) is 0 Å². The predicted octanol–water partition coefficient (Wildman–Crippen LogP) is 4.93. The second-order valence-corrected chi connectivity index (χ2v) is 9.51. The zero-order valence-corrected chi connectivity index (χ0v) is 21.2. The molecule has 0 aliphatic rings. The van der Waals surface area contributed by atoms with Gasteiger partial charge < -0.3 is 14.0 Å².